The second-order valence-electron chi connectivity index (χ2n) is 7.97. The van der Waals surface area contributed by atoms with E-state index in [0.29, 0.717) is 5.92 Å². The second kappa shape index (κ2) is 6.75. The Morgan fingerprint density at radius 1 is 1.36 bits per heavy atom. The van der Waals surface area contributed by atoms with Crippen LogP contribution in [0.15, 0.2) is 0 Å². The summed E-state index contributed by atoms with van der Waals surface area (Å²) in [4.78, 5) is 13.9. The second-order valence-corrected chi connectivity index (χ2v) is 7.97. The van der Waals surface area contributed by atoms with Crippen molar-refractivity contribution in [2.24, 2.45) is 5.92 Å². The summed E-state index contributed by atoms with van der Waals surface area (Å²) in [5.41, 5.74) is -0.314. The van der Waals surface area contributed by atoms with Crippen LogP contribution in [0.1, 0.15) is 53.9 Å². The predicted octanol–water partition coefficient (Wildman–Crippen LogP) is 2.79. The molecule has 0 radical (unpaired) electrons. The summed E-state index contributed by atoms with van der Waals surface area (Å²) >= 11 is 0. The number of amides is 1. The Kier molecular flexibility index (Phi) is 5.38. The van der Waals surface area contributed by atoms with E-state index in [9.17, 15) is 4.79 Å². The summed E-state index contributed by atoms with van der Waals surface area (Å²) in [5, 5.41) is 3.70. The number of nitrogens with zero attached hydrogens (tertiary/aromatic N) is 1. The summed E-state index contributed by atoms with van der Waals surface area (Å²) < 4.78 is 11.1. The van der Waals surface area contributed by atoms with Crippen molar-refractivity contribution in [2.75, 3.05) is 26.2 Å². The lowest BCUT2D eigenvalue weighted by molar-refractivity contribution is 0.0179. The van der Waals surface area contributed by atoms with Gasteiger partial charge in [0, 0.05) is 25.2 Å². The van der Waals surface area contributed by atoms with Gasteiger partial charge in [0.05, 0.1) is 6.10 Å². The molecule has 1 N–H and O–H groups in total. The summed E-state index contributed by atoms with van der Waals surface area (Å²) in [5.74, 6) is 0.628. The third kappa shape index (κ3) is 4.59. The standard InChI is InChI=1S/C17H32N2O3/c1-13-17(5,8-11-21-13)18-12-14-6-9-19(10-7-14)15(20)22-16(2,3)4/h13-14,18H,6-12H2,1-5H3. The minimum atomic E-state index is -0.414. The van der Waals surface area contributed by atoms with Crippen LogP contribution in [-0.2, 0) is 9.47 Å². The van der Waals surface area contributed by atoms with E-state index < -0.39 is 5.60 Å². The fourth-order valence-electron chi connectivity index (χ4n) is 3.09. The molecule has 5 nitrogen and oxygen atoms in total. The lowest BCUT2D eigenvalue weighted by Gasteiger charge is -2.36. The zero-order valence-corrected chi connectivity index (χ0v) is 14.8. The largest absolute Gasteiger partial charge is 0.444 e. The van der Waals surface area contributed by atoms with E-state index in [1.807, 2.05) is 25.7 Å². The Balaban J connectivity index is 1.72. The van der Waals surface area contributed by atoms with Gasteiger partial charge in [-0.2, -0.15) is 0 Å². The summed E-state index contributed by atoms with van der Waals surface area (Å²) in [7, 11) is 0. The molecule has 0 bridgehead atoms. The molecule has 0 aliphatic carbocycles. The van der Waals surface area contributed by atoms with Crippen molar-refractivity contribution in [3.05, 3.63) is 0 Å². The third-order valence-corrected chi connectivity index (χ3v) is 4.95. The van der Waals surface area contributed by atoms with E-state index in [1.165, 1.54) is 0 Å². The highest BCUT2D eigenvalue weighted by molar-refractivity contribution is 5.68. The number of carbonyl (C=O) groups excluding carboxylic acids is 1. The lowest BCUT2D eigenvalue weighted by atomic mass is 9.91. The molecule has 0 aromatic rings. The molecule has 0 aromatic heterocycles. The van der Waals surface area contributed by atoms with Gasteiger partial charge >= 0.3 is 6.09 Å². The van der Waals surface area contributed by atoms with Crippen LogP contribution in [0.2, 0.25) is 0 Å². The van der Waals surface area contributed by atoms with Crippen LogP contribution in [0.4, 0.5) is 4.79 Å². The van der Waals surface area contributed by atoms with Crippen molar-refractivity contribution in [2.45, 2.75) is 71.1 Å². The van der Waals surface area contributed by atoms with Gasteiger partial charge in [-0.25, -0.2) is 4.79 Å². The number of piperidine rings is 1. The Morgan fingerprint density at radius 2 is 2.00 bits per heavy atom. The minimum absolute atomic E-state index is 0.0995. The molecule has 0 spiro atoms. The normalized spacial score (nSPS) is 30.6. The summed E-state index contributed by atoms with van der Waals surface area (Å²) in [6.07, 6.45) is 3.25. The average molecular weight is 312 g/mol. The molecule has 2 heterocycles. The lowest BCUT2D eigenvalue weighted by Crippen LogP contribution is -2.51. The van der Waals surface area contributed by atoms with Crippen LogP contribution in [0.3, 0.4) is 0 Å². The van der Waals surface area contributed by atoms with E-state index >= 15 is 0 Å². The molecule has 128 valence electrons. The number of carbonyl (C=O) groups is 1. The van der Waals surface area contributed by atoms with Crippen LogP contribution >= 0.6 is 0 Å². The Hall–Kier alpha value is -0.810. The first-order chi connectivity index (χ1) is 10.2. The van der Waals surface area contributed by atoms with E-state index in [2.05, 4.69) is 19.2 Å². The number of hydrogen-bond donors (Lipinski definition) is 1. The molecule has 0 saturated carbocycles. The SMILES string of the molecule is CC1OCCC1(C)NCC1CCN(C(=O)OC(C)(C)C)CC1. The van der Waals surface area contributed by atoms with Gasteiger partial charge in [-0.1, -0.05) is 0 Å². The zero-order valence-electron chi connectivity index (χ0n) is 14.8. The topological polar surface area (TPSA) is 50.8 Å². The van der Waals surface area contributed by atoms with Gasteiger partial charge in [0.15, 0.2) is 0 Å². The molecule has 2 aliphatic heterocycles. The number of rotatable bonds is 3. The highest BCUT2D eigenvalue weighted by Crippen LogP contribution is 2.26. The van der Waals surface area contributed by atoms with Crippen molar-refractivity contribution in [1.29, 1.82) is 0 Å². The van der Waals surface area contributed by atoms with E-state index in [1.54, 1.807) is 0 Å². The molecule has 2 aliphatic rings. The van der Waals surface area contributed by atoms with Gasteiger partial charge < -0.3 is 19.7 Å². The third-order valence-electron chi connectivity index (χ3n) is 4.95. The van der Waals surface area contributed by atoms with Crippen LogP contribution in [0, 0.1) is 5.92 Å². The minimum Gasteiger partial charge on any atom is -0.444 e. The molecule has 2 atom stereocenters. The van der Waals surface area contributed by atoms with Crippen molar-refractivity contribution in [1.82, 2.24) is 10.2 Å². The van der Waals surface area contributed by atoms with Crippen molar-refractivity contribution < 1.29 is 14.3 Å². The molecule has 0 aromatic carbocycles. The van der Waals surface area contributed by atoms with E-state index in [4.69, 9.17) is 9.47 Å². The van der Waals surface area contributed by atoms with E-state index in [-0.39, 0.29) is 17.7 Å². The first-order valence-electron chi connectivity index (χ1n) is 8.54. The van der Waals surface area contributed by atoms with Crippen molar-refractivity contribution >= 4 is 6.09 Å². The molecule has 2 fully saturated rings. The van der Waals surface area contributed by atoms with Gasteiger partial charge in [-0.15, -0.1) is 0 Å². The van der Waals surface area contributed by atoms with Crippen molar-refractivity contribution in [3.8, 4) is 0 Å². The van der Waals surface area contributed by atoms with Gasteiger partial charge in [0.1, 0.15) is 5.60 Å². The highest BCUT2D eigenvalue weighted by atomic mass is 16.6. The van der Waals surface area contributed by atoms with Crippen LogP contribution in [0.25, 0.3) is 0 Å². The van der Waals surface area contributed by atoms with Gasteiger partial charge in [0.2, 0.25) is 0 Å². The Bertz CT molecular complexity index is 386. The fraction of sp³-hybridized carbons (Fsp3) is 0.941. The van der Waals surface area contributed by atoms with Crippen LogP contribution < -0.4 is 5.32 Å². The monoisotopic (exact) mass is 312 g/mol. The zero-order chi connectivity index (χ0) is 16.4. The molecule has 1 amide bonds. The number of ether oxygens (including phenoxy) is 2. The Morgan fingerprint density at radius 3 is 2.50 bits per heavy atom. The average Bonchev–Trinajstić information content (AvgIpc) is 2.76. The molecule has 5 heteroatoms. The molecular formula is C17H32N2O3. The first-order valence-corrected chi connectivity index (χ1v) is 8.54. The molecule has 2 unspecified atom stereocenters. The van der Waals surface area contributed by atoms with Crippen LogP contribution in [-0.4, -0.2) is 54.5 Å². The summed E-state index contributed by atoms with van der Waals surface area (Å²) in [6, 6.07) is 0. The van der Waals surface area contributed by atoms with Gasteiger partial charge in [-0.05, 0) is 66.3 Å². The smallest absolute Gasteiger partial charge is 0.410 e. The molecular weight excluding hydrogens is 280 g/mol. The maximum Gasteiger partial charge on any atom is 0.410 e. The van der Waals surface area contributed by atoms with Crippen LogP contribution in [0.5, 0.6) is 0 Å². The fourth-order valence-corrected chi connectivity index (χ4v) is 3.09. The molecule has 2 saturated heterocycles. The summed E-state index contributed by atoms with van der Waals surface area (Å²) in [6.45, 7) is 13.6. The quantitative estimate of drug-likeness (QED) is 0.870. The van der Waals surface area contributed by atoms with E-state index in [0.717, 1.165) is 45.5 Å². The first kappa shape index (κ1) is 17.5. The Labute approximate surface area is 134 Å². The molecule has 22 heavy (non-hydrogen) atoms. The van der Waals surface area contributed by atoms with Gasteiger partial charge in [0.25, 0.3) is 0 Å². The molecule has 2 rings (SSSR count). The predicted molar refractivity (Wildman–Crippen MR) is 87.0 cm³/mol. The maximum absolute atomic E-state index is 12.1. The number of nitrogens with one attached hydrogen (secondary N) is 1. The maximum atomic E-state index is 12.1. The number of hydrogen-bond acceptors (Lipinski definition) is 4. The highest BCUT2D eigenvalue weighted by Gasteiger charge is 2.37. The van der Waals surface area contributed by atoms with Gasteiger partial charge in [-0.3, -0.25) is 0 Å². The number of likely N-dealkylation sites (tertiary alicyclic amines) is 1. The van der Waals surface area contributed by atoms with Crippen molar-refractivity contribution in [3.63, 3.8) is 0 Å².